The van der Waals surface area contributed by atoms with Crippen molar-refractivity contribution in [1.82, 2.24) is 57.7 Å². The second kappa shape index (κ2) is 45.7. The number of hydrogen-bond acceptors (Lipinski definition) is 23. The molecule has 5 aromatic carbocycles. The highest BCUT2D eigenvalue weighted by atomic mass is 32.2. The average Bonchev–Trinajstić information content (AvgIpc) is 1.61. The summed E-state index contributed by atoms with van der Waals surface area (Å²) in [6.07, 6.45) is -11.5. The molecule has 34 nitrogen and oxygen atoms in total. The smallest absolute Gasteiger partial charge is 0.251 e. The number of amides is 12. The molecule has 8 rings (SSSR count). The van der Waals surface area contributed by atoms with Gasteiger partial charge in [0.05, 0.1) is 36.7 Å². The van der Waals surface area contributed by atoms with E-state index in [1.165, 1.54) is 30.8 Å². The third-order valence-corrected chi connectivity index (χ3v) is 21.7. The number of benzene rings is 5. The number of carbonyl (C=O) groups is 12. The van der Waals surface area contributed by atoms with Gasteiger partial charge in [-0.2, -0.15) is 11.8 Å². The highest BCUT2D eigenvalue weighted by Crippen LogP contribution is 2.33. The number of aliphatic hydroxyl groups is 7. The zero-order valence-corrected chi connectivity index (χ0v) is 69.3. The van der Waals surface area contributed by atoms with Gasteiger partial charge >= 0.3 is 0 Å². The van der Waals surface area contributed by atoms with Crippen molar-refractivity contribution in [1.29, 1.82) is 0 Å². The predicted octanol–water partition coefficient (Wildman–Crippen LogP) is 1.08. The summed E-state index contributed by atoms with van der Waals surface area (Å²) in [5.74, 6) is -11.8. The number of nitrogens with zero attached hydrogens (tertiary/aromatic N) is 2. The monoisotopic (exact) mass is 1690 g/mol. The molecule has 0 radical (unpaired) electrons. The normalized spacial score (nSPS) is 23.1. The number of fused-ring (bicyclic) bond motifs is 2. The van der Waals surface area contributed by atoms with E-state index in [4.69, 9.17) is 9.47 Å². The minimum Gasteiger partial charge on any atom is -0.506 e. The molecule has 0 bridgehead atoms. The van der Waals surface area contributed by atoms with Gasteiger partial charge in [-0.25, -0.2) is 0 Å². The number of phenolic OH excluding ortho intramolecular Hbond substituents is 1. The first-order valence-electron chi connectivity index (χ1n) is 40.4. The molecule has 652 valence electrons. The number of unbranched alkanes of at least 4 members (excludes halogenated alkanes) is 2. The van der Waals surface area contributed by atoms with Gasteiger partial charge in [-0.05, 0) is 127 Å². The first kappa shape index (κ1) is 94.8. The lowest BCUT2D eigenvalue weighted by Gasteiger charge is -2.34. The Labute approximate surface area is 700 Å². The van der Waals surface area contributed by atoms with E-state index in [1.54, 1.807) is 49.4 Å². The van der Waals surface area contributed by atoms with Crippen LogP contribution in [0.25, 0.3) is 22.3 Å². The summed E-state index contributed by atoms with van der Waals surface area (Å²) < 4.78 is 11.8. The maximum absolute atomic E-state index is 15.0. The Morgan fingerprint density at radius 1 is 0.642 bits per heavy atom. The van der Waals surface area contributed by atoms with E-state index in [0.717, 1.165) is 83.5 Å². The van der Waals surface area contributed by atoms with Crippen molar-refractivity contribution >= 4 is 88.8 Å². The number of hydrogen-bond donors (Lipinski definition) is 18. The van der Waals surface area contributed by atoms with E-state index in [2.05, 4.69) is 60.1 Å². The van der Waals surface area contributed by atoms with Crippen LogP contribution in [-0.2, 0) is 63.9 Å². The molecular weight excluding hydrogens is 1570 g/mol. The topological polar surface area (TPSA) is 512 Å². The molecule has 3 saturated heterocycles. The lowest BCUT2D eigenvalue weighted by atomic mass is 9.96. The standard InChI is InChI=1S/C85H114N12O22S/c1-9-11-15-36-118-58-29-26-54(27-30-58)52-20-18-51(19-21-52)53-22-24-55(25-23-53)75(108)89-63-42-66(103)83(119-35-10-2)95-82(115)71-72(105)47(5)43-97(71)85(117)69(49(7)100)93-81(114)70(94-80(113)64-41-57(101)44-96(64)84(116)68(48(6)99)92-79(63)112)74(107)73(106)56-28-31-65(102)60(40-56)88-67(104)32-34-86-76(109)62(39-50-16-13-12-14-17-50)91-78(111)61(38-46(3)4)90-77(110)59(87-45-98)33-37-120-8/h12-14,16-31,40,45-49,57,59,61-64,66,68-74,83,99-103,105-107H,9-11,15,32-39,41-44H2,1-8H3,(H,86,109)(H,87,98)(H,88,104)(H,89,108)(H,90,110)(H,91,111)(H,92,112)(H,93,114)(H,94,113)(H,95,115)/t47-,48+,49+,57+,59-,61-,62-,63-,64-,66+,68-,69-,70-,71-,72-,73-,74-,83+/m0/s1. The zero-order valence-electron chi connectivity index (χ0n) is 68.5. The van der Waals surface area contributed by atoms with Crippen LogP contribution in [0.4, 0.5) is 5.69 Å². The van der Waals surface area contributed by atoms with Crippen LogP contribution in [0, 0.1) is 11.8 Å². The van der Waals surface area contributed by atoms with E-state index in [9.17, 15) is 93.6 Å². The van der Waals surface area contributed by atoms with E-state index in [1.807, 2.05) is 68.6 Å². The molecule has 12 amide bonds. The van der Waals surface area contributed by atoms with Gasteiger partial charge < -0.3 is 113 Å². The van der Waals surface area contributed by atoms with Crippen LogP contribution in [-0.4, -0.2) is 264 Å². The van der Waals surface area contributed by atoms with Gasteiger partial charge in [0.25, 0.3) is 5.91 Å². The van der Waals surface area contributed by atoms with Crippen molar-refractivity contribution in [3.8, 4) is 33.8 Å². The molecule has 3 aliphatic rings. The summed E-state index contributed by atoms with van der Waals surface area (Å²) in [5.41, 5.74) is 3.24. The molecule has 3 aliphatic heterocycles. The number of phenols is 1. The van der Waals surface area contributed by atoms with Crippen LogP contribution in [0.3, 0.4) is 0 Å². The average molecular weight is 1690 g/mol. The number of ether oxygens (including phenoxy) is 2. The second-order valence-electron chi connectivity index (χ2n) is 31.0. The van der Waals surface area contributed by atoms with Crippen molar-refractivity contribution in [2.75, 3.05) is 50.2 Å². The van der Waals surface area contributed by atoms with Gasteiger partial charge in [0, 0.05) is 63.4 Å². The molecule has 0 saturated carbocycles. The maximum Gasteiger partial charge on any atom is 0.251 e. The van der Waals surface area contributed by atoms with Crippen molar-refractivity contribution in [2.45, 2.75) is 216 Å². The number of rotatable bonds is 35. The minimum atomic E-state index is -2.55. The maximum atomic E-state index is 15.0. The number of aliphatic hydroxyl groups excluding tert-OH is 7. The molecule has 35 heteroatoms. The molecule has 0 aliphatic carbocycles. The SMILES string of the molecule is CCCCCOc1ccc(-c2ccc(-c3ccc(C(=O)N[C@H]4C[C@@H](O)[C@@H](OCCC)NC(=O)[C@@H]5[C@@H](O)[C@@H](C)CN5C(=O)[C@H]([C@@H](C)O)NC(=O)[C@H]([C@H](O)[C@@H](O)c5ccc(O)c(NC(=O)CCNC(=O)[C@H](Cc6ccccc6)NC(=O)[C@H](CC(C)C)NC(=O)[C@H](CCSC)NC=O)c5)NC(=O)[C@@H]5C[C@@H](O)CN5C(=O)[C@H]([C@@H](C)O)NC4=O)cc3)cc2)cc1. The molecular formula is C85H114N12O22S. The zero-order chi connectivity index (χ0) is 87.6. The Hall–Kier alpha value is -10.6. The highest BCUT2D eigenvalue weighted by Gasteiger charge is 2.51. The Bertz CT molecular complexity index is 4300. The minimum absolute atomic E-state index is 0.00601. The molecule has 0 aromatic heterocycles. The van der Waals surface area contributed by atoms with Gasteiger partial charge in [-0.3, -0.25) is 57.5 Å². The fourth-order valence-corrected chi connectivity index (χ4v) is 14.8. The fourth-order valence-electron chi connectivity index (χ4n) is 14.3. The molecule has 3 heterocycles. The van der Waals surface area contributed by atoms with Crippen molar-refractivity contribution < 1.29 is 108 Å². The predicted molar refractivity (Wildman–Crippen MR) is 443 cm³/mol. The Kier molecular flexibility index (Phi) is 36.1. The van der Waals surface area contributed by atoms with Gasteiger partial charge in [-0.15, -0.1) is 0 Å². The molecule has 0 spiro atoms. The summed E-state index contributed by atoms with van der Waals surface area (Å²) in [6.45, 7) is 10.1. The summed E-state index contributed by atoms with van der Waals surface area (Å²) in [6, 6.07) is 17.8. The third-order valence-electron chi connectivity index (χ3n) is 21.0. The number of carbonyl (C=O) groups excluding carboxylic acids is 12. The first-order valence-corrected chi connectivity index (χ1v) is 41.8. The van der Waals surface area contributed by atoms with E-state index in [0.29, 0.717) is 29.9 Å². The van der Waals surface area contributed by atoms with Gasteiger partial charge in [0.2, 0.25) is 65.5 Å². The Morgan fingerprint density at radius 3 is 1.83 bits per heavy atom. The molecule has 18 atom stereocenters. The summed E-state index contributed by atoms with van der Waals surface area (Å²) in [7, 11) is 0. The van der Waals surface area contributed by atoms with Crippen LogP contribution in [0.15, 0.2) is 121 Å². The number of thioether (sulfide) groups is 1. The third kappa shape index (κ3) is 26.2. The summed E-state index contributed by atoms with van der Waals surface area (Å²) >= 11 is 1.45. The van der Waals surface area contributed by atoms with Gasteiger partial charge in [-0.1, -0.05) is 132 Å². The largest absolute Gasteiger partial charge is 0.506 e. The van der Waals surface area contributed by atoms with Crippen LogP contribution < -0.4 is 57.9 Å². The quantitative estimate of drug-likeness (QED) is 0.0153. The van der Waals surface area contributed by atoms with Gasteiger partial charge in [0.15, 0.2) is 6.23 Å². The highest BCUT2D eigenvalue weighted by molar-refractivity contribution is 7.98. The summed E-state index contributed by atoms with van der Waals surface area (Å²) in [5, 5.41) is 119. The van der Waals surface area contributed by atoms with Crippen LogP contribution >= 0.6 is 11.8 Å². The van der Waals surface area contributed by atoms with E-state index in [-0.39, 0.29) is 55.9 Å². The van der Waals surface area contributed by atoms with Crippen molar-refractivity contribution in [3.05, 3.63) is 138 Å². The summed E-state index contributed by atoms with van der Waals surface area (Å²) in [4.78, 5) is 172. The molecule has 0 unspecified atom stereocenters. The van der Waals surface area contributed by atoms with Crippen LogP contribution in [0.1, 0.15) is 134 Å². The molecule has 120 heavy (non-hydrogen) atoms. The number of anilines is 1. The molecule has 3 fully saturated rings. The first-order chi connectivity index (χ1) is 57.2. The Morgan fingerprint density at radius 2 is 1.23 bits per heavy atom. The second-order valence-corrected chi connectivity index (χ2v) is 31.9. The lowest BCUT2D eigenvalue weighted by Crippen LogP contribution is -2.64. The van der Waals surface area contributed by atoms with Crippen LogP contribution in [0.2, 0.25) is 0 Å². The van der Waals surface area contributed by atoms with Gasteiger partial charge in [0.1, 0.15) is 84.2 Å². The fraction of sp³-hybridized carbons (Fsp3) is 0.506. The van der Waals surface area contributed by atoms with E-state index >= 15 is 4.79 Å². The molecule has 5 aromatic rings. The molecule has 18 N–H and O–H groups in total. The van der Waals surface area contributed by atoms with E-state index < -0.39 is 218 Å². The number of nitrogens with one attached hydrogen (secondary N) is 10. The lowest BCUT2D eigenvalue weighted by molar-refractivity contribution is -0.149. The van der Waals surface area contributed by atoms with Crippen molar-refractivity contribution in [3.63, 3.8) is 0 Å². The Balaban J connectivity index is 1.04. The number of aromatic hydroxyl groups is 1. The van der Waals surface area contributed by atoms with Crippen LogP contribution in [0.5, 0.6) is 11.5 Å². The van der Waals surface area contributed by atoms with Crippen molar-refractivity contribution in [2.24, 2.45) is 11.8 Å².